The number of methoxy groups -OCH3 is 1. The summed E-state index contributed by atoms with van der Waals surface area (Å²) in [7, 11) is 1.55. The highest BCUT2D eigenvalue weighted by molar-refractivity contribution is 5.60. The van der Waals surface area contributed by atoms with Crippen LogP contribution in [0.5, 0.6) is 0 Å². The van der Waals surface area contributed by atoms with E-state index in [0.717, 1.165) is 0 Å². The maximum absolute atomic E-state index is 4.49. The molecule has 0 aromatic heterocycles. The summed E-state index contributed by atoms with van der Waals surface area (Å²) in [5, 5.41) is 0. The van der Waals surface area contributed by atoms with Crippen LogP contribution in [0.3, 0.4) is 0 Å². The van der Waals surface area contributed by atoms with Crippen molar-refractivity contribution < 1.29 is 4.74 Å². The maximum Gasteiger partial charge on any atom is 0.349 e. The Morgan fingerprint density at radius 3 is 2.86 bits per heavy atom. The number of ether oxygens (including phenoxy) is 1. The van der Waals surface area contributed by atoms with E-state index >= 15 is 0 Å². The first kappa shape index (κ1) is 6.03. The van der Waals surface area contributed by atoms with Crippen LogP contribution in [0.2, 0.25) is 0 Å². The molecule has 7 heavy (non-hydrogen) atoms. The van der Waals surface area contributed by atoms with Crippen molar-refractivity contribution in [1.82, 2.24) is 4.67 Å². The standard InChI is InChI=1S/C5H8NO/c1-3-6-4-5-7-2/h3,5H,1-2H3/q+1. The Bertz CT molecular complexity index is 116. The molecule has 0 aliphatic heterocycles. The van der Waals surface area contributed by atoms with Gasteiger partial charge in [0.25, 0.3) is 6.21 Å². The molecule has 0 atom stereocenters. The van der Waals surface area contributed by atoms with E-state index in [-0.39, 0.29) is 0 Å². The lowest BCUT2D eigenvalue weighted by Crippen LogP contribution is -1.69. The van der Waals surface area contributed by atoms with Crippen molar-refractivity contribution in [2.24, 2.45) is 0 Å². The van der Waals surface area contributed by atoms with Gasteiger partial charge in [0.2, 0.25) is 6.26 Å². The molecule has 0 aliphatic carbocycles. The van der Waals surface area contributed by atoms with Gasteiger partial charge < -0.3 is 4.74 Å². The lowest BCUT2D eigenvalue weighted by atomic mass is 10.9. The normalized spacial score (nSPS) is 5.43. The summed E-state index contributed by atoms with van der Waals surface area (Å²) in [5.41, 5.74) is 0. The van der Waals surface area contributed by atoms with Crippen LogP contribution in [-0.2, 0) is 4.74 Å². The van der Waals surface area contributed by atoms with Gasteiger partial charge in [0.05, 0.1) is 7.11 Å². The van der Waals surface area contributed by atoms with Crippen LogP contribution < -0.4 is 4.67 Å². The SMILES string of the molecule is CC=[N+]=C=COC. The zero-order valence-electron chi connectivity index (χ0n) is 4.51. The Kier molecular flexibility index (Phi) is 4.33. The number of hydrogen-bond donors (Lipinski definition) is 0. The molecule has 0 heterocycles. The second-order valence-electron chi connectivity index (χ2n) is 0.870. The van der Waals surface area contributed by atoms with Crippen LogP contribution in [0.25, 0.3) is 0 Å². The highest BCUT2D eigenvalue weighted by atomic mass is 16.5. The first-order valence-corrected chi connectivity index (χ1v) is 1.99. The Balaban J connectivity index is 3.64. The van der Waals surface area contributed by atoms with Gasteiger partial charge in [-0.3, -0.25) is 0 Å². The third-order valence-electron chi connectivity index (χ3n) is 0.374. The average Bonchev–Trinajstić information content (AvgIpc) is 1.69. The maximum atomic E-state index is 4.49. The topological polar surface area (TPSA) is 23.3 Å². The summed E-state index contributed by atoms with van der Waals surface area (Å²) >= 11 is 0. The minimum absolute atomic E-state index is 1.39. The van der Waals surface area contributed by atoms with Gasteiger partial charge in [0.15, 0.2) is 0 Å². The monoisotopic (exact) mass is 98.1 g/mol. The van der Waals surface area contributed by atoms with Crippen molar-refractivity contribution in [3.63, 3.8) is 0 Å². The molecular formula is C5H8NO+. The van der Waals surface area contributed by atoms with E-state index in [1.807, 2.05) is 6.92 Å². The molecule has 2 heteroatoms. The van der Waals surface area contributed by atoms with Gasteiger partial charge in [-0.15, -0.1) is 0 Å². The van der Waals surface area contributed by atoms with Gasteiger partial charge >= 0.3 is 5.87 Å². The van der Waals surface area contributed by atoms with E-state index in [1.54, 1.807) is 13.3 Å². The molecule has 0 rings (SSSR count). The quantitative estimate of drug-likeness (QED) is 0.257. The zero-order valence-corrected chi connectivity index (χ0v) is 4.51. The van der Waals surface area contributed by atoms with Crippen molar-refractivity contribution in [3.8, 4) is 0 Å². The minimum atomic E-state index is 1.39. The number of hydrogen-bond acceptors (Lipinski definition) is 1. The van der Waals surface area contributed by atoms with E-state index in [4.69, 9.17) is 0 Å². The molecule has 0 aromatic rings. The van der Waals surface area contributed by atoms with E-state index in [9.17, 15) is 0 Å². The summed E-state index contributed by atoms with van der Waals surface area (Å²) in [4.78, 5) is 0. The smallest absolute Gasteiger partial charge is 0.349 e. The van der Waals surface area contributed by atoms with Crippen LogP contribution in [-0.4, -0.2) is 19.2 Å². The molecule has 0 unspecified atom stereocenters. The summed E-state index contributed by atoms with van der Waals surface area (Å²) in [6.45, 7) is 1.82. The van der Waals surface area contributed by atoms with Crippen molar-refractivity contribution in [1.29, 1.82) is 0 Å². The molecule has 0 aromatic carbocycles. The largest absolute Gasteiger partial charge is 0.490 e. The molecule has 0 spiro atoms. The van der Waals surface area contributed by atoms with Gasteiger partial charge in [-0.25, -0.2) is 0 Å². The Labute approximate surface area is 42.9 Å². The van der Waals surface area contributed by atoms with E-state index in [0.29, 0.717) is 0 Å². The Morgan fingerprint density at radius 2 is 2.43 bits per heavy atom. The summed E-state index contributed by atoms with van der Waals surface area (Å²) in [5.74, 6) is 2.51. The molecule has 0 N–H and O–H groups in total. The number of rotatable bonds is 1. The van der Waals surface area contributed by atoms with Crippen LogP contribution in [0.1, 0.15) is 6.92 Å². The van der Waals surface area contributed by atoms with Gasteiger partial charge in [0.1, 0.15) is 0 Å². The fourth-order valence-electron chi connectivity index (χ4n) is 0.158. The highest BCUT2D eigenvalue weighted by Gasteiger charge is 1.61. The molecule has 0 radical (unpaired) electrons. The zero-order chi connectivity index (χ0) is 5.54. The molecule has 38 valence electrons. The van der Waals surface area contributed by atoms with Crippen LogP contribution in [0.4, 0.5) is 0 Å². The molecular weight excluding hydrogens is 90.1 g/mol. The first-order valence-electron chi connectivity index (χ1n) is 1.99. The van der Waals surface area contributed by atoms with Gasteiger partial charge in [-0.1, -0.05) is 0 Å². The van der Waals surface area contributed by atoms with Crippen LogP contribution in [0.15, 0.2) is 6.26 Å². The van der Waals surface area contributed by atoms with Crippen molar-refractivity contribution in [2.75, 3.05) is 7.11 Å². The molecule has 0 saturated heterocycles. The fraction of sp³-hybridized carbons (Fsp3) is 0.400. The van der Waals surface area contributed by atoms with Crippen molar-refractivity contribution in [3.05, 3.63) is 6.26 Å². The lowest BCUT2D eigenvalue weighted by molar-refractivity contribution is 0.343. The van der Waals surface area contributed by atoms with Crippen molar-refractivity contribution >= 4 is 12.1 Å². The van der Waals surface area contributed by atoms with Gasteiger partial charge in [-0.2, -0.15) is 0 Å². The van der Waals surface area contributed by atoms with Gasteiger partial charge in [-0.05, 0) is 4.67 Å². The summed E-state index contributed by atoms with van der Waals surface area (Å²) < 4.78 is 8.10. The second kappa shape index (κ2) is 5.03. The van der Waals surface area contributed by atoms with E-state index in [1.165, 1.54) is 6.26 Å². The molecule has 0 aliphatic rings. The highest BCUT2D eigenvalue weighted by Crippen LogP contribution is 1.51. The predicted octanol–water partition coefficient (Wildman–Crippen LogP) is -0.0259. The summed E-state index contributed by atoms with van der Waals surface area (Å²) in [6, 6.07) is 0. The Morgan fingerprint density at radius 1 is 1.71 bits per heavy atom. The lowest BCUT2D eigenvalue weighted by Gasteiger charge is -1.68. The van der Waals surface area contributed by atoms with E-state index in [2.05, 4.69) is 15.3 Å². The average molecular weight is 98.1 g/mol. The van der Waals surface area contributed by atoms with Crippen molar-refractivity contribution in [2.45, 2.75) is 6.92 Å². The second-order valence-corrected chi connectivity index (χ2v) is 0.870. The summed E-state index contributed by atoms with van der Waals surface area (Å²) in [6.07, 6.45) is 3.02. The molecule has 0 saturated carbocycles. The third-order valence-corrected chi connectivity index (χ3v) is 0.374. The first-order chi connectivity index (χ1) is 3.41. The molecule has 0 fully saturated rings. The van der Waals surface area contributed by atoms with Gasteiger partial charge in [0, 0.05) is 6.92 Å². The Hall–Kier alpha value is -0.970. The minimum Gasteiger partial charge on any atom is -0.490 e. The molecule has 2 nitrogen and oxygen atoms in total. The van der Waals surface area contributed by atoms with E-state index < -0.39 is 0 Å². The fourth-order valence-corrected chi connectivity index (χ4v) is 0.158. The third kappa shape index (κ3) is 5.03. The van der Waals surface area contributed by atoms with Crippen LogP contribution in [0, 0.1) is 0 Å². The molecule has 0 bridgehead atoms. The molecule has 0 amide bonds. The van der Waals surface area contributed by atoms with Crippen LogP contribution >= 0.6 is 0 Å². The predicted molar refractivity (Wildman–Crippen MR) is 30.5 cm³/mol. The number of nitrogens with zero attached hydrogens (tertiary/aromatic N) is 1.